The van der Waals surface area contributed by atoms with Crippen LogP contribution in [0, 0.1) is 0 Å². The Balaban J connectivity index is 1.03. The average molecular weight is 817 g/mol. The number of hydrogen-bond donors (Lipinski definition) is 0. The van der Waals surface area contributed by atoms with Crippen LogP contribution >= 0.6 is 0 Å². The van der Waals surface area contributed by atoms with Gasteiger partial charge < -0.3 is 4.57 Å². The second kappa shape index (κ2) is 14.7. The largest absolute Gasteiger partial charge is 0.309 e. The first-order valence-electron chi connectivity index (χ1n) is 22.2. The predicted octanol–water partition coefficient (Wildman–Crippen LogP) is 15.2. The average Bonchev–Trinajstić information content (AvgIpc) is 3.58. The van der Waals surface area contributed by atoms with E-state index in [4.69, 9.17) is 15.0 Å². The van der Waals surface area contributed by atoms with Crippen LogP contribution in [0.4, 0.5) is 0 Å². The monoisotopic (exact) mass is 816 g/mol. The van der Waals surface area contributed by atoms with Gasteiger partial charge >= 0.3 is 0 Å². The van der Waals surface area contributed by atoms with E-state index in [0.29, 0.717) is 23.4 Å². The van der Waals surface area contributed by atoms with E-state index in [-0.39, 0.29) is 0 Å². The molecule has 0 N–H and O–H groups in total. The Morgan fingerprint density at radius 3 is 1.80 bits per heavy atom. The van der Waals surface area contributed by atoms with Crippen molar-refractivity contribution in [2.45, 2.75) is 18.8 Å². The van der Waals surface area contributed by atoms with Crippen LogP contribution in [0.1, 0.15) is 29.0 Å². The third-order valence-electron chi connectivity index (χ3n) is 13.5. The summed E-state index contributed by atoms with van der Waals surface area (Å²) < 4.78 is 2.49. The van der Waals surface area contributed by atoms with Crippen molar-refractivity contribution in [2.24, 2.45) is 0 Å². The van der Waals surface area contributed by atoms with E-state index in [1.54, 1.807) is 0 Å². The van der Waals surface area contributed by atoms with Crippen molar-refractivity contribution in [3.8, 4) is 51.0 Å². The fraction of sp³-hybridized carbons (Fsp3) is 0.0500. The van der Waals surface area contributed by atoms with Gasteiger partial charge in [-0.05, 0) is 97.9 Å². The van der Waals surface area contributed by atoms with Crippen molar-refractivity contribution >= 4 is 54.1 Å². The molecule has 4 heteroatoms. The van der Waals surface area contributed by atoms with Gasteiger partial charge in [0.2, 0.25) is 0 Å². The molecule has 0 aliphatic heterocycles. The smallest absolute Gasteiger partial charge is 0.164 e. The van der Waals surface area contributed by atoms with Gasteiger partial charge in [-0.25, -0.2) is 15.0 Å². The highest BCUT2D eigenvalue weighted by molar-refractivity contribution is 6.14. The van der Waals surface area contributed by atoms with Crippen LogP contribution in [-0.4, -0.2) is 19.5 Å². The lowest BCUT2D eigenvalue weighted by molar-refractivity contribution is 0.726. The maximum Gasteiger partial charge on any atom is 0.164 e. The van der Waals surface area contributed by atoms with Crippen LogP contribution < -0.4 is 0 Å². The highest BCUT2D eigenvalue weighted by Gasteiger charge is 2.27. The molecule has 0 bridgehead atoms. The molecule has 0 amide bonds. The van der Waals surface area contributed by atoms with Crippen molar-refractivity contribution in [3.63, 3.8) is 0 Å². The summed E-state index contributed by atoms with van der Waals surface area (Å²) in [7, 11) is 0. The van der Waals surface area contributed by atoms with Gasteiger partial charge in [0.05, 0.1) is 16.7 Å². The molecule has 2 heterocycles. The van der Waals surface area contributed by atoms with E-state index < -0.39 is 0 Å². The SMILES string of the molecule is c1ccc(-c2nc(-c3cccc4ccccc34)nc(-c3ccc(-n4c5ccccc5c5cc6c(cc54)CCC(c4ccccc4)c4ccc5ccccc5c4-6)c4ccccc34)n2)cc1. The molecule has 0 spiro atoms. The van der Waals surface area contributed by atoms with Crippen LogP contribution in [0.25, 0.3) is 105 Å². The third kappa shape index (κ3) is 5.80. The molecule has 64 heavy (non-hydrogen) atoms. The first-order chi connectivity index (χ1) is 31.7. The zero-order valence-corrected chi connectivity index (χ0v) is 35.0. The van der Waals surface area contributed by atoms with Crippen LogP contribution in [0.15, 0.2) is 212 Å². The second-order valence-corrected chi connectivity index (χ2v) is 17.0. The van der Waals surface area contributed by atoms with Gasteiger partial charge in [0.15, 0.2) is 17.5 Å². The molecule has 10 aromatic carbocycles. The molecule has 2 aromatic heterocycles. The van der Waals surface area contributed by atoms with Crippen molar-refractivity contribution in [1.82, 2.24) is 19.5 Å². The molecule has 300 valence electrons. The van der Waals surface area contributed by atoms with Crippen LogP contribution in [0.2, 0.25) is 0 Å². The number of hydrogen-bond acceptors (Lipinski definition) is 3. The first kappa shape index (κ1) is 36.4. The standard InChI is InChI=1S/C60H40N4/c1-3-16-38(17-4-1)44-32-31-42-36-56-53(37-52(42)57-45-24-10-8-19-40(45)30-33-49(44)57)48-27-13-14-29-54(48)64(56)55-35-34-51(46-25-11-12-26-47(46)55)60-62-58(41-20-5-2-6-21-41)61-59(63-60)50-28-15-22-39-18-7-9-23-43(39)50/h1-30,33-37,44H,31-32H2. The molecule has 0 saturated carbocycles. The molecule has 12 aromatic rings. The van der Waals surface area contributed by atoms with Crippen LogP contribution in [0.3, 0.4) is 0 Å². The maximum absolute atomic E-state index is 5.29. The lowest BCUT2D eigenvalue weighted by atomic mass is 9.83. The van der Waals surface area contributed by atoms with E-state index in [0.717, 1.165) is 56.8 Å². The predicted molar refractivity (Wildman–Crippen MR) is 265 cm³/mol. The highest BCUT2D eigenvalue weighted by Crippen LogP contribution is 2.48. The summed E-state index contributed by atoms with van der Waals surface area (Å²) in [6, 6.07) is 76.8. The fourth-order valence-electron chi connectivity index (χ4n) is 10.6. The number of nitrogens with zero attached hydrogens (tertiary/aromatic N) is 4. The molecule has 0 saturated heterocycles. The number of aryl methyl sites for hydroxylation is 1. The molecular formula is C60H40N4. The van der Waals surface area contributed by atoms with E-state index in [2.05, 4.69) is 199 Å². The van der Waals surface area contributed by atoms with Crippen molar-refractivity contribution < 1.29 is 0 Å². The number of rotatable bonds is 5. The minimum absolute atomic E-state index is 0.293. The fourth-order valence-corrected chi connectivity index (χ4v) is 10.6. The van der Waals surface area contributed by atoms with E-state index in [1.807, 2.05) is 18.2 Å². The normalized spacial score (nSPS) is 13.7. The summed E-state index contributed by atoms with van der Waals surface area (Å²) in [5.74, 6) is 2.24. The molecule has 4 nitrogen and oxygen atoms in total. The molecule has 13 rings (SSSR count). The molecule has 1 atom stereocenters. The minimum atomic E-state index is 0.293. The quantitative estimate of drug-likeness (QED) is 0.174. The van der Waals surface area contributed by atoms with Gasteiger partial charge in [0.1, 0.15) is 0 Å². The van der Waals surface area contributed by atoms with E-state index in [9.17, 15) is 0 Å². The number of fused-ring (bicyclic) bond motifs is 10. The van der Waals surface area contributed by atoms with E-state index in [1.165, 1.54) is 60.4 Å². The Kier molecular flexibility index (Phi) is 8.38. The Bertz CT molecular complexity index is 3790. The number of para-hydroxylation sites is 1. The van der Waals surface area contributed by atoms with Gasteiger partial charge in [-0.15, -0.1) is 0 Å². The van der Waals surface area contributed by atoms with E-state index >= 15 is 0 Å². The Morgan fingerprint density at radius 1 is 0.391 bits per heavy atom. The van der Waals surface area contributed by atoms with Gasteiger partial charge in [0.25, 0.3) is 0 Å². The molecule has 1 aliphatic rings. The topological polar surface area (TPSA) is 43.6 Å². The Morgan fingerprint density at radius 2 is 1.00 bits per heavy atom. The van der Waals surface area contributed by atoms with Crippen molar-refractivity contribution in [1.29, 1.82) is 0 Å². The highest BCUT2D eigenvalue weighted by atomic mass is 15.0. The second-order valence-electron chi connectivity index (χ2n) is 17.0. The van der Waals surface area contributed by atoms with Crippen molar-refractivity contribution in [3.05, 3.63) is 229 Å². The summed E-state index contributed by atoms with van der Waals surface area (Å²) in [6.45, 7) is 0. The lowest BCUT2D eigenvalue weighted by Crippen LogP contribution is -2.02. The Labute approximate surface area is 370 Å². The summed E-state index contributed by atoms with van der Waals surface area (Å²) in [4.78, 5) is 15.6. The van der Waals surface area contributed by atoms with Crippen LogP contribution in [0.5, 0.6) is 0 Å². The summed E-state index contributed by atoms with van der Waals surface area (Å²) >= 11 is 0. The number of benzene rings is 10. The Hall–Kier alpha value is -8.21. The summed E-state index contributed by atoms with van der Waals surface area (Å²) in [6.07, 6.45) is 2.00. The molecule has 1 unspecified atom stereocenters. The van der Waals surface area contributed by atoms with Gasteiger partial charge in [0, 0.05) is 38.8 Å². The molecule has 0 fully saturated rings. The zero-order chi connectivity index (χ0) is 42.1. The lowest BCUT2D eigenvalue weighted by Gasteiger charge is -2.20. The molecule has 1 aliphatic carbocycles. The van der Waals surface area contributed by atoms with Gasteiger partial charge in [-0.2, -0.15) is 0 Å². The summed E-state index contributed by atoms with van der Waals surface area (Å²) in [5, 5.41) is 9.55. The molecular weight excluding hydrogens is 777 g/mol. The van der Waals surface area contributed by atoms with Gasteiger partial charge in [-0.3, -0.25) is 0 Å². The van der Waals surface area contributed by atoms with Crippen LogP contribution in [-0.2, 0) is 6.42 Å². The zero-order valence-electron chi connectivity index (χ0n) is 35.0. The third-order valence-corrected chi connectivity index (χ3v) is 13.5. The maximum atomic E-state index is 5.29. The minimum Gasteiger partial charge on any atom is -0.309 e. The van der Waals surface area contributed by atoms with Gasteiger partial charge in [-0.1, -0.05) is 182 Å². The van der Waals surface area contributed by atoms with Crippen molar-refractivity contribution in [2.75, 3.05) is 0 Å². The first-order valence-corrected chi connectivity index (χ1v) is 22.2. The number of aromatic nitrogens is 4. The summed E-state index contributed by atoms with van der Waals surface area (Å²) in [5.41, 5.74) is 13.3. The molecule has 0 radical (unpaired) electrons.